The molecule has 0 N–H and O–H groups in total. The molecule has 0 bridgehead atoms. The Labute approximate surface area is 378 Å². The van der Waals surface area contributed by atoms with E-state index >= 15 is 0 Å². The van der Waals surface area contributed by atoms with Crippen LogP contribution in [-0.2, 0) is 0 Å². The van der Waals surface area contributed by atoms with Gasteiger partial charge in [0.1, 0.15) is 32.3 Å². The van der Waals surface area contributed by atoms with Crippen molar-refractivity contribution in [1.29, 1.82) is 0 Å². The van der Waals surface area contributed by atoms with Crippen molar-refractivity contribution in [2.45, 2.75) is 233 Å². The highest BCUT2D eigenvalue weighted by Gasteiger charge is 2.44. The predicted octanol–water partition coefficient (Wildman–Crippen LogP) is 15.5. The van der Waals surface area contributed by atoms with Crippen LogP contribution in [0.1, 0.15) is 166 Å². The second-order valence-electron chi connectivity index (χ2n) is 21.1. The Morgan fingerprint density at radius 1 is 0.233 bits per heavy atom. The fourth-order valence-corrected chi connectivity index (χ4v) is 32.2. The summed E-state index contributed by atoms with van der Waals surface area (Å²) in [6.07, 6.45) is 0. The van der Waals surface area contributed by atoms with Gasteiger partial charge in [-0.1, -0.05) is 190 Å². The molecule has 60 heavy (non-hydrogen) atoms. The van der Waals surface area contributed by atoms with Gasteiger partial charge in [-0.15, -0.1) is 22.2 Å². The third kappa shape index (κ3) is 12.0. The lowest BCUT2D eigenvalue weighted by Gasteiger charge is -2.38. The first-order chi connectivity index (χ1) is 27.7. The first-order valence-corrected chi connectivity index (χ1v) is 32.2. The van der Waals surface area contributed by atoms with E-state index in [9.17, 15) is 0 Å². The van der Waals surface area contributed by atoms with Crippen molar-refractivity contribution in [2.24, 2.45) is 0 Å². The van der Waals surface area contributed by atoms with Gasteiger partial charge in [-0.05, 0) is 114 Å². The zero-order valence-corrected chi connectivity index (χ0v) is 46.9. The minimum atomic E-state index is -2.10. The highest BCUT2D eigenvalue weighted by molar-refractivity contribution is 6.92. The first-order valence-electron chi connectivity index (χ1n) is 23.3. The molecule has 0 saturated heterocycles. The van der Waals surface area contributed by atoms with Crippen LogP contribution in [0.5, 0.6) is 0 Å². The molecular formula is C56H84Si4. The van der Waals surface area contributed by atoms with E-state index in [0.717, 1.165) is 0 Å². The molecule has 0 spiro atoms. The zero-order valence-electron chi connectivity index (χ0n) is 42.9. The maximum absolute atomic E-state index is 3.93. The summed E-state index contributed by atoms with van der Waals surface area (Å²) < 4.78 is 0. The Kier molecular flexibility index (Phi) is 21.3. The van der Waals surface area contributed by atoms with Gasteiger partial charge in [0.25, 0.3) is 0 Å². The van der Waals surface area contributed by atoms with Crippen molar-refractivity contribution in [3.05, 3.63) is 22.3 Å². The lowest BCUT2D eigenvalue weighted by Crippen LogP contribution is -2.43. The molecule has 0 unspecified atom stereocenters. The van der Waals surface area contributed by atoms with E-state index in [1.165, 1.54) is 0 Å². The molecule has 1 rings (SSSR count). The quantitative estimate of drug-likeness (QED) is 0.135. The lowest BCUT2D eigenvalue weighted by molar-refractivity contribution is 0.838. The molecule has 4 heteroatoms. The average Bonchev–Trinajstić information content (AvgIpc) is 3.10. The van der Waals surface area contributed by atoms with Crippen LogP contribution in [0.2, 0.25) is 66.5 Å². The molecule has 0 aromatic carbocycles. The lowest BCUT2D eigenvalue weighted by atomic mass is 10.1. The molecule has 0 heterocycles. The molecular weight excluding hydrogens is 785 g/mol. The van der Waals surface area contributed by atoms with Gasteiger partial charge >= 0.3 is 0 Å². The molecule has 0 aliphatic heterocycles. The van der Waals surface area contributed by atoms with Gasteiger partial charge in [0.05, 0.1) is 22.3 Å². The minimum Gasteiger partial charge on any atom is -0.124 e. The van der Waals surface area contributed by atoms with Crippen LogP contribution in [0.15, 0.2) is 22.3 Å². The summed E-state index contributed by atoms with van der Waals surface area (Å²) in [5.74, 6) is 41.4. The Balaban J connectivity index is 4.81. The van der Waals surface area contributed by atoms with Gasteiger partial charge in [0, 0.05) is 0 Å². The maximum Gasteiger partial charge on any atom is 0.146 e. The molecule has 1 aliphatic rings. The summed E-state index contributed by atoms with van der Waals surface area (Å²) in [7, 11) is -8.40. The highest BCUT2D eigenvalue weighted by Crippen LogP contribution is 2.44. The smallest absolute Gasteiger partial charge is 0.124 e. The average molecular weight is 870 g/mol. The number of hydrogen-bond donors (Lipinski definition) is 0. The maximum atomic E-state index is 3.93. The van der Waals surface area contributed by atoms with Gasteiger partial charge in [-0.2, -0.15) is 0 Å². The van der Waals surface area contributed by atoms with Crippen molar-refractivity contribution >= 4 is 32.3 Å². The molecule has 0 aromatic heterocycles. The SMILES string of the molecule is CC(C)[Si](C#C/C1=C(\C#C[Si](C(C)C)(C(C)C)C(C)C)C#CC#C/C(C#C[Si](C(C)C)(C(C)C)C(C)C)=C(/C#C[Si](C(C)C)(C(C)C)C(C)C)C#CC#C1)(C(C)C)C(C)C. The fourth-order valence-electron chi connectivity index (χ4n) is 11.4. The Bertz CT molecular complexity index is 1700. The van der Waals surface area contributed by atoms with E-state index in [-0.39, 0.29) is 0 Å². The van der Waals surface area contributed by atoms with Crippen LogP contribution in [0.4, 0.5) is 0 Å². The third-order valence-corrected chi connectivity index (χ3v) is 39.6. The van der Waals surface area contributed by atoms with Gasteiger partial charge in [-0.3, -0.25) is 0 Å². The normalized spacial score (nSPS) is 16.2. The minimum absolute atomic E-state index is 0.479. The Morgan fingerprint density at radius 3 is 0.450 bits per heavy atom. The highest BCUT2D eigenvalue weighted by atomic mass is 28.3. The number of hydrogen-bond acceptors (Lipinski definition) is 0. The summed E-state index contributed by atoms with van der Waals surface area (Å²) in [5, 5.41) is 0. The summed E-state index contributed by atoms with van der Waals surface area (Å²) in [4.78, 5) is 0. The molecule has 0 nitrogen and oxygen atoms in total. The van der Waals surface area contributed by atoms with E-state index in [1.807, 2.05) is 0 Å². The van der Waals surface area contributed by atoms with Crippen LogP contribution < -0.4 is 0 Å². The monoisotopic (exact) mass is 869 g/mol. The Morgan fingerprint density at radius 2 is 0.350 bits per heavy atom. The third-order valence-electron chi connectivity index (χ3n) is 14.5. The van der Waals surface area contributed by atoms with Crippen LogP contribution >= 0.6 is 0 Å². The van der Waals surface area contributed by atoms with Gasteiger partial charge in [0.15, 0.2) is 0 Å². The molecule has 0 atom stereocenters. The topological polar surface area (TPSA) is 0 Å². The van der Waals surface area contributed by atoms with Crippen LogP contribution in [0, 0.1) is 93.2 Å². The van der Waals surface area contributed by atoms with Crippen LogP contribution in [-0.4, -0.2) is 32.3 Å². The molecule has 0 radical (unpaired) electrons. The van der Waals surface area contributed by atoms with Gasteiger partial charge in [-0.25, -0.2) is 0 Å². The molecule has 1 aliphatic carbocycles. The van der Waals surface area contributed by atoms with Crippen molar-refractivity contribution in [3.8, 4) is 93.2 Å². The van der Waals surface area contributed by atoms with Crippen LogP contribution in [0.25, 0.3) is 0 Å². The fraction of sp³-hybridized carbons (Fsp3) is 0.643. The zero-order chi connectivity index (χ0) is 46.6. The van der Waals surface area contributed by atoms with Crippen molar-refractivity contribution in [3.63, 3.8) is 0 Å². The molecule has 0 saturated carbocycles. The van der Waals surface area contributed by atoms with Gasteiger partial charge < -0.3 is 0 Å². The molecule has 0 aromatic rings. The van der Waals surface area contributed by atoms with Crippen molar-refractivity contribution in [1.82, 2.24) is 0 Å². The van der Waals surface area contributed by atoms with Crippen molar-refractivity contribution < 1.29 is 0 Å². The molecule has 324 valence electrons. The van der Waals surface area contributed by atoms with E-state index < -0.39 is 32.3 Å². The second kappa shape index (κ2) is 23.3. The Hall–Kier alpha value is -3.17. The van der Waals surface area contributed by atoms with E-state index in [0.29, 0.717) is 88.8 Å². The van der Waals surface area contributed by atoms with Gasteiger partial charge in [0.2, 0.25) is 0 Å². The van der Waals surface area contributed by atoms with E-state index in [2.05, 4.69) is 259 Å². The summed E-state index contributed by atoms with van der Waals surface area (Å²) in [6.45, 7) is 56.3. The van der Waals surface area contributed by atoms with E-state index in [1.54, 1.807) is 0 Å². The molecule has 0 fully saturated rings. The first kappa shape index (κ1) is 54.8. The number of allylic oxidation sites excluding steroid dienone is 4. The summed E-state index contributed by atoms with van der Waals surface area (Å²) in [6, 6.07) is 0. The molecule has 0 amide bonds. The number of rotatable bonds is 12. The predicted molar refractivity (Wildman–Crippen MR) is 280 cm³/mol. The largest absolute Gasteiger partial charge is 0.146 e. The summed E-state index contributed by atoms with van der Waals surface area (Å²) in [5.41, 5.74) is 24.1. The van der Waals surface area contributed by atoms with Crippen molar-refractivity contribution in [2.75, 3.05) is 0 Å². The van der Waals surface area contributed by atoms with Crippen LogP contribution in [0.3, 0.4) is 0 Å². The summed E-state index contributed by atoms with van der Waals surface area (Å²) >= 11 is 0. The standard InChI is InChI=1S/C56H84Si4/c1-41(2)57(42(3)4,43(5)6)37-33-53-29-25-26-31-55(35-39-59(47(13)14,48(15)16)49(17)18)56(36-40-60(50(19)20,51(21)22)52(23)24)32-28-27-30-54(53)34-38-58(44(7)8,45(9)10)46(11)12/h41-52H,1-24H3/b54-53-,56-55-. The second-order valence-corrected chi connectivity index (χ2v) is 43.4. The van der Waals surface area contributed by atoms with E-state index in [4.69, 9.17) is 0 Å².